The average Bonchev–Trinajstić information content (AvgIpc) is 3.84. The Bertz CT molecular complexity index is 3410. The maximum Gasteiger partial charge on any atom is 0.164 e. The summed E-state index contributed by atoms with van der Waals surface area (Å²) in [6.07, 6.45) is 18.3. The maximum atomic E-state index is 6.66. The van der Waals surface area contributed by atoms with Gasteiger partial charge in [0, 0.05) is 45.4 Å². The second-order valence-electron chi connectivity index (χ2n) is 17.8. The molecule has 0 saturated heterocycles. The quantitative estimate of drug-likeness (QED) is 0.150. The number of hydrogen-bond donors (Lipinski definition) is 0. The molecule has 6 aromatic carbocycles. The summed E-state index contributed by atoms with van der Waals surface area (Å²) >= 11 is 0. The average molecular weight is 824 g/mol. The Balaban J connectivity index is 0.956. The molecule has 12 rings (SSSR count). The van der Waals surface area contributed by atoms with E-state index in [-0.39, 0.29) is 5.41 Å². The Hall–Kier alpha value is -7.69. The molecule has 1 unspecified atom stereocenters. The molecule has 0 N–H and O–H groups in total. The molecular weight excluding hydrogens is 779 g/mol. The summed E-state index contributed by atoms with van der Waals surface area (Å²) < 4.78 is 6.66. The zero-order chi connectivity index (χ0) is 42.9. The van der Waals surface area contributed by atoms with Gasteiger partial charge in [-0.3, -0.25) is 0 Å². The summed E-state index contributed by atoms with van der Waals surface area (Å²) in [4.78, 5) is 15.7. The molecule has 4 aliphatic rings. The van der Waals surface area contributed by atoms with Gasteiger partial charge in [0.05, 0.1) is 0 Å². The third-order valence-corrected chi connectivity index (χ3v) is 13.8. The topological polar surface area (TPSA) is 51.8 Å². The van der Waals surface area contributed by atoms with Crippen molar-refractivity contribution < 1.29 is 4.42 Å². The van der Waals surface area contributed by atoms with Gasteiger partial charge in [-0.15, -0.1) is 0 Å². The fraction of sp³-hybridized carbons (Fsp3) is 0.117. The number of fused-ring (bicyclic) bond motifs is 9. The third-order valence-electron chi connectivity index (χ3n) is 13.8. The first-order valence-corrected chi connectivity index (χ1v) is 22.3. The molecule has 0 radical (unpaired) electrons. The first-order chi connectivity index (χ1) is 31.4. The van der Waals surface area contributed by atoms with Gasteiger partial charge in [-0.1, -0.05) is 178 Å². The van der Waals surface area contributed by atoms with Crippen molar-refractivity contribution in [2.75, 3.05) is 0 Å². The largest absolute Gasteiger partial charge is 0.460 e. The van der Waals surface area contributed by atoms with Crippen LogP contribution in [0.1, 0.15) is 66.2 Å². The van der Waals surface area contributed by atoms with Crippen molar-refractivity contribution in [1.82, 2.24) is 15.0 Å². The highest BCUT2D eigenvalue weighted by Crippen LogP contribution is 2.52. The normalized spacial score (nSPS) is 16.8. The highest BCUT2D eigenvalue weighted by Gasteiger charge is 2.37. The molecule has 0 bridgehead atoms. The first-order valence-electron chi connectivity index (χ1n) is 22.3. The van der Waals surface area contributed by atoms with Crippen LogP contribution in [0.15, 0.2) is 203 Å². The van der Waals surface area contributed by atoms with Crippen molar-refractivity contribution in [3.05, 3.63) is 232 Å². The lowest BCUT2D eigenvalue weighted by Crippen LogP contribution is -2.15. The number of aryl methyl sites for hydroxylation is 1. The predicted octanol–water partition coefficient (Wildman–Crippen LogP) is 15.1. The second kappa shape index (κ2) is 15.0. The van der Waals surface area contributed by atoms with E-state index in [1.54, 1.807) is 0 Å². The van der Waals surface area contributed by atoms with Crippen LogP contribution in [0.25, 0.3) is 79.5 Å². The minimum atomic E-state index is -0.141. The van der Waals surface area contributed by atoms with E-state index >= 15 is 0 Å². The highest BCUT2D eigenvalue weighted by atomic mass is 16.3. The monoisotopic (exact) mass is 823 g/mol. The summed E-state index contributed by atoms with van der Waals surface area (Å²) in [7, 11) is 0. The molecule has 0 spiro atoms. The van der Waals surface area contributed by atoms with Gasteiger partial charge in [-0.2, -0.15) is 0 Å². The molecule has 1 atom stereocenters. The number of aromatic nitrogens is 3. The highest BCUT2D eigenvalue weighted by molar-refractivity contribution is 6.02. The minimum Gasteiger partial charge on any atom is -0.460 e. The molecule has 0 amide bonds. The van der Waals surface area contributed by atoms with Crippen LogP contribution in [0.5, 0.6) is 0 Å². The Labute approximate surface area is 374 Å². The Morgan fingerprint density at radius 1 is 0.625 bits per heavy atom. The smallest absolute Gasteiger partial charge is 0.164 e. The summed E-state index contributed by atoms with van der Waals surface area (Å²) in [5.41, 5.74) is 20.2. The van der Waals surface area contributed by atoms with Gasteiger partial charge in [0.25, 0.3) is 0 Å². The van der Waals surface area contributed by atoms with Gasteiger partial charge in [-0.25, -0.2) is 15.0 Å². The van der Waals surface area contributed by atoms with E-state index in [4.69, 9.17) is 19.4 Å². The molecular formula is C60H45N3O. The van der Waals surface area contributed by atoms with E-state index in [2.05, 4.69) is 172 Å². The number of furan rings is 1. The summed E-state index contributed by atoms with van der Waals surface area (Å²) in [5.74, 6) is 3.30. The van der Waals surface area contributed by atoms with Crippen LogP contribution in [0.4, 0.5) is 0 Å². The summed E-state index contributed by atoms with van der Waals surface area (Å²) in [5, 5.41) is 1.14. The van der Waals surface area contributed by atoms with Gasteiger partial charge in [-0.05, 0) is 104 Å². The predicted molar refractivity (Wildman–Crippen MR) is 262 cm³/mol. The number of hydrogen-bond acceptors (Lipinski definition) is 4. The van der Waals surface area contributed by atoms with E-state index < -0.39 is 0 Å². The van der Waals surface area contributed by atoms with Gasteiger partial charge in [0.2, 0.25) is 0 Å². The fourth-order valence-electron chi connectivity index (χ4n) is 10.7. The zero-order valence-corrected chi connectivity index (χ0v) is 36.0. The number of rotatable bonds is 7. The standard InChI is InChI=1S/C60H45N3O/c1-4-5-16-40-33-41-19-9-10-22-44(41)49-35-38(29-31-45(40)49)39-30-32-53-50(36-39)56-46(24-15-28-54(56)64-53)42-20-13-21-43(34-42)58-61-57(37-17-7-6-8-18-37)62-59(63-58)48-25-14-27-52-55(48)47-23-11-12-26-51(47)60(52,2)3/h4-29,31,33-34,36,49H,1,30,32,35H2,2-3H3/b16-5-. The minimum absolute atomic E-state index is 0.141. The van der Waals surface area contributed by atoms with Gasteiger partial charge >= 0.3 is 0 Å². The molecule has 4 heteroatoms. The summed E-state index contributed by atoms with van der Waals surface area (Å²) in [6, 6.07) is 49.5. The first kappa shape index (κ1) is 38.0. The molecule has 2 aromatic heterocycles. The molecule has 306 valence electrons. The van der Waals surface area contributed by atoms with Crippen LogP contribution in [-0.2, 0) is 11.8 Å². The summed E-state index contributed by atoms with van der Waals surface area (Å²) in [6.45, 7) is 8.54. The fourth-order valence-corrected chi connectivity index (χ4v) is 10.7. The third kappa shape index (κ3) is 6.16. The van der Waals surface area contributed by atoms with Crippen molar-refractivity contribution in [2.24, 2.45) is 0 Å². The number of allylic oxidation sites excluding steroid dienone is 9. The molecule has 4 nitrogen and oxygen atoms in total. The van der Waals surface area contributed by atoms with E-state index in [0.29, 0.717) is 23.4 Å². The Kier molecular flexibility index (Phi) is 8.91. The Morgan fingerprint density at radius 2 is 1.33 bits per heavy atom. The number of nitrogens with zero attached hydrogens (tertiary/aromatic N) is 3. The van der Waals surface area contributed by atoms with E-state index in [9.17, 15) is 0 Å². The van der Waals surface area contributed by atoms with Gasteiger partial charge in [0.15, 0.2) is 17.5 Å². The molecule has 8 aromatic rings. The SMILES string of the molecule is C=C/C=C\C1=Cc2ccccc2C2CC(C3=Cc4c(oc5cccc(-c6cccc(-c7nc(-c8ccccc8)nc(-c8cccc9c8-c8ccccc8C9(C)C)n7)c6)c45)CC3)=CC=C12. The molecule has 0 fully saturated rings. The molecule has 0 saturated carbocycles. The van der Waals surface area contributed by atoms with Crippen molar-refractivity contribution in [2.45, 2.75) is 44.4 Å². The molecule has 0 aliphatic heterocycles. The zero-order valence-electron chi connectivity index (χ0n) is 36.0. The lowest BCUT2D eigenvalue weighted by atomic mass is 9.72. The lowest BCUT2D eigenvalue weighted by molar-refractivity contribution is 0.543. The molecule has 4 aliphatic carbocycles. The van der Waals surface area contributed by atoms with Crippen LogP contribution < -0.4 is 0 Å². The maximum absolute atomic E-state index is 6.66. The van der Waals surface area contributed by atoms with Gasteiger partial charge < -0.3 is 4.42 Å². The molecule has 64 heavy (non-hydrogen) atoms. The van der Waals surface area contributed by atoms with Crippen LogP contribution in [0, 0.1) is 0 Å². The van der Waals surface area contributed by atoms with E-state index in [1.165, 1.54) is 61.2 Å². The van der Waals surface area contributed by atoms with E-state index in [1.807, 2.05) is 30.4 Å². The van der Waals surface area contributed by atoms with Crippen LogP contribution in [0.3, 0.4) is 0 Å². The van der Waals surface area contributed by atoms with Crippen molar-refractivity contribution >= 4 is 23.1 Å². The Morgan fingerprint density at radius 3 is 2.22 bits per heavy atom. The van der Waals surface area contributed by atoms with Crippen LogP contribution in [0.2, 0.25) is 0 Å². The lowest BCUT2D eigenvalue weighted by Gasteiger charge is -2.32. The second-order valence-corrected chi connectivity index (χ2v) is 17.8. The van der Waals surface area contributed by atoms with Crippen molar-refractivity contribution in [1.29, 1.82) is 0 Å². The number of benzene rings is 6. The van der Waals surface area contributed by atoms with E-state index in [0.717, 1.165) is 63.8 Å². The molecule has 2 heterocycles. The van der Waals surface area contributed by atoms with Crippen LogP contribution in [-0.4, -0.2) is 15.0 Å². The van der Waals surface area contributed by atoms with Crippen molar-refractivity contribution in [3.8, 4) is 56.4 Å². The van der Waals surface area contributed by atoms with Crippen molar-refractivity contribution in [3.63, 3.8) is 0 Å². The van der Waals surface area contributed by atoms with Gasteiger partial charge in [0.1, 0.15) is 11.3 Å². The van der Waals surface area contributed by atoms with Crippen LogP contribution >= 0.6 is 0 Å².